The molecule has 0 aromatic heterocycles. The van der Waals surface area contributed by atoms with Crippen LogP contribution in [0.25, 0.3) is 0 Å². The number of ether oxygens (including phenoxy) is 1. The molecule has 0 saturated heterocycles. The number of amides is 1. The summed E-state index contributed by atoms with van der Waals surface area (Å²) in [5.74, 6) is 0.0547. The monoisotopic (exact) mass is 214 g/mol. The van der Waals surface area contributed by atoms with Crippen molar-refractivity contribution >= 4 is 5.91 Å². The van der Waals surface area contributed by atoms with E-state index in [2.05, 4.69) is 5.32 Å². The van der Waals surface area contributed by atoms with E-state index in [0.717, 1.165) is 25.7 Å². The Morgan fingerprint density at radius 3 is 2.73 bits per heavy atom. The minimum Gasteiger partial charge on any atom is -0.380 e. The lowest BCUT2D eigenvalue weighted by Gasteiger charge is -2.22. The molecule has 0 aromatic carbocycles. The van der Waals surface area contributed by atoms with Gasteiger partial charge in [0.2, 0.25) is 5.91 Å². The molecule has 1 aliphatic carbocycles. The van der Waals surface area contributed by atoms with E-state index in [0.29, 0.717) is 26.2 Å². The lowest BCUT2D eigenvalue weighted by atomic mass is 9.94. The third-order valence-electron chi connectivity index (χ3n) is 2.88. The van der Waals surface area contributed by atoms with Gasteiger partial charge in [0, 0.05) is 25.1 Å². The number of carbonyl (C=O) groups is 1. The Hall–Kier alpha value is -0.610. The Kier molecular flexibility index (Phi) is 5.05. The standard InChI is InChI=1S/C11H22N2O2/c1-2-15-8-7-13-10(14)9-11(12)5-3-4-6-11/h2-9,12H2,1H3,(H,13,14). The van der Waals surface area contributed by atoms with Gasteiger partial charge in [-0.3, -0.25) is 4.79 Å². The van der Waals surface area contributed by atoms with E-state index < -0.39 is 0 Å². The maximum absolute atomic E-state index is 11.5. The van der Waals surface area contributed by atoms with Gasteiger partial charge in [0.05, 0.1) is 6.61 Å². The van der Waals surface area contributed by atoms with Crippen LogP contribution >= 0.6 is 0 Å². The van der Waals surface area contributed by atoms with Crippen LogP contribution in [0.5, 0.6) is 0 Å². The van der Waals surface area contributed by atoms with E-state index in [1.54, 1.807) is 0 Å². The number of hydrogen-bond acceptors (Lipinski definition) is 3. The number of nitrogens with one attached hydrogen (secondary N) is 1. The molecule has 88 valence electrons. The average Bonchev–Trinajstić information content (AvgIpc) is 2.59. The first-order valence-corrected chi connectivity index (χ1v) is 5.80. The molecule has 0 aromatic rings. The summed E-state index contributed by atoms with van der Waals surface area (Å²) in [6.07, 6.45) is 4.72. The van der Waals surface area contributed by atoms with Gasteiger partial charge in [-0.2, -0.15) is 0 Å². The van der Waals surface area contributed by atoms with Gasteiger partial charge in [-0.1, -0.05) is 12.8 Å². The van der Waals surface area contributed by atoms with Crippen LogP contribution in [-0.4, -0.2) is 31.2 Å². The van der Waals surface area contributed by atoms with Crippen LogP contribution in [0.4, 0.5) is 0 Å². The van der Waals surface area contributed by atoms with Crippen LogP contribution < -0.4 is 11.1 Å². The van der Waals surface area contributed by atoms with Crippen LogP contribution in [0.2, 0.25) is 0 Å². The molecule has 1 rings (SSSR count). The van der Waals surface area contributed by atoms with Gasteiger partial charge < -0.3 is 15.8 Å². The Labute approximate surface area is 91.5 Å². The molecule has 0 bridgehead atoms. The molecule has 1 saturated carbocycles. The van der Waals surface area contributed by atoms with Crippen molar-refractivity contribution in [1.29, 1.82) is 0 Å². The second-order valence-corrected chi connectivity index (χ2v) is 4.29. The topological polar surface area (TPSA) is 64.3 Å². The summed E-state index contributed by atoms with van der Waals surface area (Å²) in [5, 5.41) is 2.83. The summed E-state index contributed by atoms with van der Waals surface area (Å²) in [4.78, 5) is 11.5. The SMILES string of the molecule is CCOCCNC(=O)CC1(N)CCCC1. The second kappa shape index (κ2) is 6.08. The van der Waals surface area contributed by atoms with E-state index in [4.69, 9.17) is 10.5 Å². The van der Waals surface area contributed by atoms with E-state index in [9.17, 15) is 4.79 Å². The molecule has 4 nitrogen and oxygen atoms in total. The molecule has 15 heavy (non-hydrogen) atoms. The summed E-state index contributed by atoms with van der Waals surface area (Å²) in [6.45, 7) is 3.80. The Morgan fingerprint density at radius 1 is 1.47 bits per heavy atom. The highest BCUT2D eigenvalue weighted by atomic mass is 16.5. The Bertz CT molecular complexity index is 201. The van der Waals surface area contributed by atoms with Gasteiger partial charge in [-0.25, -0.2) is 0 Å². The fraction of sp³-hybridized carbons (Fsp3) is 0.909. The predicted octanol–water partition coefficient (Wildman–Crippen LogP) is 0.801. The minimum atomic E-state index is -0.240. The molecule has 4 heteroatoms. The van der Waals surface area contributed by atoms with Gasteiger partial charge >= 0.3 is 0 Å². The van der Waals surface area contributed by atoms with Gasteiger partial charge in [-0.15, -0.1) is 0 Å². The Balaban J connectivity index is 2.12. The zero-order valence-electron chi connectivity index (χ0n) is 9.55. The van der Waals surface area contributed by atoms with Crippen molar-refractivity contribution in [3.05, 3.63) is 0 Å². The van der Waals surface area contributed by atoms with Crippen molar-refractivity contribution in [3.63, 3.8) is 0 Å². The smallest absolute Gasteiger partial charge is 0.221 e. The molecule has 0 aliphatic heterocycles. The fourth-order valence-electron chi connectivity index (χ4n) is 2.05. The molecular formula is C11H22N2O2. The van der Waals surface area contributed by atoms with E-state index in [-0.39, 0.29) is 11.4 Å². The van der Waals surface area contributed by atoms with Crippen molar-refractivity contribution in [2.24, 2.45) is 5.73 Å². The third kappa shape index (κ3) is 4.62. The Morgan fingerprint density at radius 2 is 2.13 bits per heavy atom. The molecule has 1 fully saturated rings. The minimum absolute atomic E-state index is 0.0547. The maximum atomic E-state index is 11.5. The number of carbonyl (C=O) groups excluding carboxylic acids is 1. The molecular weight excluding hydrogens is 192 g/mol. The summed E-state index contributed by atoms with van der Waals surface area (Å²) < 4.78 is 5.13. The summed E-state index contributed by atoms with van der Waals surface area (Å²) in [6, 6.07) is 0. The fourth-order valence-corrected chi connectivity index (χ4v) is 2.05. The first-order valence-electron chi connectivity index (χ1n) is 5.80. The van der Waals surface area contributed by atoms with Crippen LogP contribution in [0, 0.1) is 0 Å². The van der Waals surface area contributed by atoms with E-state index in [1.807, 2.05) is 6.92 Å². The number of nitrogens with two attached hydrogens (primary N) is 1. The molecule has 3 N–H and O–H groups in total. The number of hydrogen-bond donors (Lipinski definition) is 2. The highest BCUT2D eigenvalue weighted by molar-refractivity contribution is 5.77. The van der Waals surface area contributed by atoms with Gasteiger partial charge in [0.25, 0.3) is 0 Å². The molecule has 0 atom stereocenters. The summed E-state index contributed by atoms with van der Waals surface area (Å²) in [5.41, 5.74) is 5.86. The van der Waals surface area contributed by atoms with Crippen molar-refractivity contribution in [2.45, 2.75) is 44.6 Å². The lowest BCUT2D eigenvalue weighted by Crippen LogP contribution is -2.42. The summed E-state index contributed by atoms with van der Waals surface area (Å²) in [7, 11) is 0. The van der Waals surface area contributed by atoms with Gasteiger partial charge in [0.15, 0.2) is 0 Å². The first-order chi connectivity index (χ1) is 7.16. The van der Waals surface area contributed by atoms with Gasteiger partial charge in [-0.05, 0) is 19.8 Å². The molecule has 1 amide bonds. The average molecular weight is 214 g/mol. The van der Waals surface area contributed by atoms with E-state index in [1.165, 1.54) is 0 Å². The first kappa shape index (κ1) is 12.5. The molecule has 0 radical (unpaired) electrons. The van der Waals surface area contributed by atoms with Crippen LogP contribution in [0.1, 0.15) is 39.0 Å². The van der Waals surface area contributed by atoms with Crippen LogP contribution in [0.3, 0.4) is 0 Å². The van der Waals surface area contributed by atoms with Crippen LogP contribution in [0.15, 0.2) is 0 Å². The second-order valence-electron chi connectivity index (χ2n) is 4.29. The molecule has 0 unspecified atom stereocenters. The molecule has 0 spiro atoms. The van der Waals surface area contributed by atoms with E-state index >= 15 is 0 Å². The normalized spacial score (nSPS) is 19.1. The molecule has 0 heterocycles. The third-order valence-corrected chi connectivity index (χ3v) is 2.88. The highest BCUT2D eigenvalue weighted by Gasteiger charge is 2.31. The summed E-state index contributed by atoms with van der Waals surface area (Å²) >= 11 is 0. The van der Waals surface area contributed by atoms with Crippen molar-refractivity contribution in [3.8, 4) is 0 Å². The van der Waals surface area contributed by atoms with Crippen molar-refractivity contribution in [2.75, 3.05) is 19.8 Å². The number of rotatable bonds is 6. The lowest BCUT2D eigenvalue weighted by molar-refractivity contribution is -0.122. The maximum Gasteiger partial charge on any atom is 0.221 e. The highest BCUT2D eigenvalue weighted by Crippen LogP contribution is 2.29. The van der Waals surface area contributed by atoms with Crippen molar-refractivity contribution < 1.29 is 9.53 Å². The van der Waals surface area contributed by atoms with Crippen molar-refractivity contribution in [1.82, 2.24) is 5.32 Å². The van der Waals surface area contributed by atoms with Crippen LogP contribution in [-0.2, 0) is 9.53 Å². The molecule has 1 aliphatic rings. The quantitative estimate of drug-likeness (QED) is 0.643. The largest absolute Gasteiger partial charge is 0.380 e. The zero-order valence-corrected chi connectivity index (χ0v) is 9.55. The predicted molar refractivity (Wildman–Crippen MR) is 59.5 cm³/mol. The zero-order chi connectivity index (χ0) is 11.1. The van der Waals surface area contributed by atoms with Gasteiger partial charge in [0.1, 0.15) is 0 Å².